The van der Waals surface area contributed by atoms with Gasteiger partial charge in [-0.1, -0.05) is 19.1 Å². The number of ether oxygens (including phenoxy) is 2. The van der Waals surface area contributed by atoms with Crippen LogP contribution in [0.25, 0.3) is 0 Å². The third-order valence-electron chi connectivity index (χ3n) is 3.55. The largest absolute Gasteiger partial charge is 0.493 e. The highest BCUT2D eigenvalue weighted by Gasteiger charge is 2.14. The molecule has 1 aromatic rings. The summed E-state index contributed by atoms with van der Waals surface area (Å²) in [5.74, 6) is 1.56. The van der Waals surface area contributed by atoms with E-state index < -0.39 is 0 Å². The van der Waals surface area contributed by atoms with E-state index in [1.54, 1.807) is 0 Å². The van der Waals surface area contributed by atoms with Crippen molar-refractivity contribution in [1.29, 1.82) is 0 Å². The minimum atomic E-state index is 0.108. The van der Waals surface area contributed by atoms with E-state index in [4.69, 9.17) is 15.2 Å². The van der Waals surface area contributed by atoms with Gasteiger partial charge in [-0.05, 0) is 42.9 Å². The van der Waals surface area contributed by atoms with Gasteiger partial charge in [0, 0.05) is 19.3 Å². The van der Waals surface area contributed by atoms with E-state index in [2.05, 4.69) is 19.1 Å². The quantitative estimate of drug-likeness (QED) is 0.872. The van der Waals surface area contributed by atoms with E-state index in [1.165, 1.54) is 0 Å². The van der Waals surface area contributed by atoms with Gasteiger partial charge in [-0.2, -0.15) is 0 Å². The van der Waals surface area contributed by atoms with Gasteiger partial charge in [-0.25, -0.2) is 0 Å². The molecule has 1 unspecified atom stereocenters. The van der Waals surface area contributed by atoms with Crippen LogP contribution >= 0.6 is 0 Å². The zero-order valence-corrected chi connectivity index (χ0v) is 11.1. The molecule has 1 fully saturated rings. The number of nitrogens with two attached hydrogens (primary N) is 1. The molecule has 1 aliphatic heterocycles. The molecule has 18 heavy (non-hydrogen) atoms. The lowest BCUT2D eigenvalue weighted by Gasteiger charge is -2.22. The summed E-state index contributed by atoms with van der Waals surface area (Å²) < 4.78 is 11.2. The summed E-state index contributed by atoms with van der Waals surface area (Å²) in [5, 5.41) is 0. The first kappa shape index (κ1) is 13.4. The molecule has 0 saturated carbocycles. The third kappa shape index (κ3) is 3.72. The monoisotopic (exact) mass is 249 g/mol. The second kappa shape index (κ2) is 6.76. The summed E-state index contributed by atoms with van der Waals surface area (Å²) in [6.45, 7) is 4.62. The van der Waals surface area contributed by atoms with Crippen LogP contribution in [0, 0.1) is 5.92 Å². The molecule has 0 radical (unpaired) electrons. The first-order valence-corrected chi connectivity index (χ1v) is 6.85. The molecule has 3 nitrogen and oxygen atoms in total. The van der Waals surface area contributed by atoms with Crippen molar-refractivity contribution in [2.24, 2.45) is 11.7 Å². The minimum absolute atomic E-state index is 0.108. The molecule has 100 valence electrons. The van der Waals surface area contributed by atoms with Gasteiger partial charge in [0.2, 0.25) is 0 Å². The molecular weight excluding hydrogens is 226 g/mol. The van der Waals surface area contributed by atoms with Crippen molar-refractivity contribution < 1.29 is 9.47 Å². The van der Waals surface area contributed by atoms with Crippen LogP contribution in [0.15, 0.2) is 24.3 Å². The lowest BCUT2D eigenvalue weighted by molar-refractivity contribution is 0.0497. The fourth-order valence-corrected chi connectivity index (χ4v) is 2.20. The molecule has 1 aromatic carbocycles. The Hall–Kier alpha value is -1.06. The summed E-state index contributed by atoms with van der Waals surface area (Å²) >= 11 is 0. The van der Waals surface area contributed by atoms with Crippen molar-refractivity contribution in [2.75, 3.05) is 19.8 Å². The van der Waals surface area contributed by atoms with Gasteiger partial charge in [0.05, 0.1) is 6.61 Å². The number of hydrogen-bond acceptors (Lipinski definition) is 3. The SMILES string of the molecule is CCC(N)c1cccc(OCC2CCOCC2)c1. The predicted molar refractivity (Wildman–Crippen MR) is 72.7 cm³/mol. The molecule has 0 aromatic heterocycles. The van der Waals surface area contributed by atoms with Gasteiger partial charge in [-0.3, -0.25) is 0 Å². The van der Waals surface area contributed by atoms with Crippen molar-refractivity contribution in [3.05, 3.63) is 29.8 Å². The van der Waals surface area contributed by atoms with Crippen molar-refractivity contribution in [2.45, 2.75) is 32.2 Å². The maximum Gasteiger partial charge on any atom is 0.119 e. The Bertz CT molecular complexity index is 361. The van der Waals surface area contributed by atoms with E-state index in [0.717, 1.165) is 50.4 Å². The predicted octanol–water partition coefficient (Wildman–Crippen LogP) is 2.90. The van der Waals surface area contributed by atoms with Gasteiger partial charge >= 0.3 is 0 Å². The number of hydrogen-bond donors (Lipinski definition) is 1. The van der Waals surface area contributed by atoms with Crippen LogP contribution in [0.4, 0.5) is 0 Å². The zero-order valence-electron chi connectivity index (χ0n) is 11.1. The molecule has 1 atom stereocenters. The summed E-state index contributed by atoms with van der Waals surface area (Å²) in [6, 6.07) is 8.26. The van der Waals surface area contributed by atoms with Crippen LogP contribution in [-0.4, -0.2) is 19.8 Å². The van der Waals surface area contributed by atoms with E-state index >= 15 is 0 Å². The average molecular weight is 249 g/mol. The molecule has 3 heteroatoms. The van der Waals surface area contributed by atoms with Crippen LogP contribution in [0.2, 0.25) is 0 Å². The molecule has 1 aliphatic rings. The van der Waals surface area contributed by atoms with Crippen LogP contribution in [0.1, 0.15) is 37.8 Å². The third-order valence-corrected chi connectivity index (χ3v) is 3.55. The highest BCUT2D eigenvalue weighted by Crippen LogP contribution is 2.22. The molecule has 0 spiro atoms. The first-order valence-electron chi connectivity index (χ1n) is 6.85. The van der Waals surface area contributed by atoms with Crippen molar-refractivity contribution in [3.8, 4) is 5.75 Å². The molecule has 0 bridgehead atoms. The highest BCUT2D eigenvalue weighted by atomic mass is 16.5. The number of benzene rings is 1. The van der Waals surface area contributed by atoms with E-state index in [0.29, 0.717) is 5.92 Å². The second-order valence-electron chi connectivity index (χ2n) is 4.95. The van der Waals surface area contributed by atoms with Gasteiger partial charge in [-0.15, -0.1) is 0 Å². The highest BCUT2D eigenvalue weighted by molar-refractivity contribution is 5.30. The average Bonchev–Trinajstić information content (AvgIpc) is 2.45. The Morgan fingerprint density at radius 2 is 2.17 bits per heavy atom. The Labute approximate surface area is 109 Å². The van der Waals surface area contributed by atoms with Crippen LogP contribution < -0.4 is 10.5 Å². The van der Waals surface area contributed by atoms with Gasteiger partial charge in [0.1, 0.15) is 5.75 Å². The van der Waals surface area contributed by atoms with Crippen molar-refractivity contribution in [1.82, 2.24) is 0 Å². The Kier molecular flexibility index (Phi) is 5.02. The molecule has 2 N–H and O–H groups in total. The Morgan fingerprint density at radius 1 is 1.39 bits per heavy atom. The number of rotatable bonds is 5. The molecule has 0 aliphatic carbocycles. The van der Waals surface area contributed by atoms with Gasteiger partial charge in [0.25, 0.3) is 0 Å². The normalized spacial score (nSPS) is 18.6. The topological polar surface area (TPSA) is 44.5 Å². The first-order chi connectivity index (χ1) is 8.79. The van der Waals surface area contributed by atoms with Crippen molar-refractivity contribution >= 4 is 0 Å². The fourth-order valence-electron chi connectivity index (χ4n) is 2.20. The molecule has 1 heterocycles. The van der Waals surface area contributed by atoms with Gasteiger partial charge < -0.3 is 15.2 Å². The molecule has 0 amide bonds. The van der Waals surface area contributed by atoms with Gasteiger partial charge in [0.15, 0.2) is 0 Å². The molecule has 1 saturated heterocycles. The standard InChI is InChI=1S/C15H23NO2/c1-2-15(16)13-4-3-5-14(10-13)18-11-12-6-8-17-9-7-12/h3-5,10,12,15H,2,6-9,11,16H2,1H3. The van der Waals surface area contributed by atoms with Crippen LogP contribution in [-0.2, 0) is 4.74 Å². The van der Waals surface area contributed by atoms with E-state index in [1.807, 2.05) is 12.1 Å². The maximum atomic E-state index is 6.03. The van der Waals surface area contributed by atoms with Crippen LogP contribution in [0.5, 0.6) is 5.75 Å². The van der Waals surface area contributed by atoms with E-state index in [-0.39, 0.29) is 6.04 Å². The molecule has 2 rings (SSSR count). The summed E-state index contributed by atoms with van der Waals surface area (Å²) in [4.78, 5) is 0. The molecular formula is C15H23NO2. The van der Waals surface area contributed by atoms with Crippen LogP contribution in [0.3, 0.4) is 0 Å². The van der Waals surface area contributed by atoms with E-state index in [9.17, 15) is 0 Å². The Morgan fingerprint density at radius 3 is 2.89 bits per heavy atom. The van der Waals surface area contributed by atoms with Crippen molar-refractivity contribution in [3.63, 3.8) is 0 Å². The lowest BCUT2D eigenvalue weighted by Crippen LogP contribution is -2.21. The smallest absolute Gasteiger partial charge is 0.119 e. The zero-order chi connectivity index (χ0) is 12.8. The minimum Gasteiger partial charge on any atom is -0.493 e. The second-order valence-corrected chi connectivity index (χ2v) is 4.95. The summed E-state index contributed by atoms with van der Waals surface area (Å²) in [6.07, 6.45) is 3.16. The Balaban J connectivity index is 1.88. The maximum absolute atomic E-state index is 6.03. The summed E-state index contributed by atoms with van der Waals surface area (Å²) in [5.41, 5.74) is 7.18. The summed E-state index contributed by atoms with van der Waals surface area (Å²) in [7, 11) is 0. The lowest BCUT2D eigenvalue weighted by atomic mass is 10.0. The fraction of sp³-hybridized carbons (Fsp3) is 0.600.